The fourth-order valence-electron chi connectivity index (χ4n) is 4.55. The third kappa shape index (κ3) is 4.83. The number of rotatable bonds is 9. The summed E-state index contributed by atoms with van der Waals surface area (Å²) in [4.78, 5) is 35.9. The summed E-state index contributed by atoms with van der Waals surface area (Å²) in [5.74, 6) is -3.97. The minimum absolute atomic E-state index is 0.0224. The van der Waals surface area contributed by atoms with E-state index in [2.05, 4.69) is 10.5 Å². The highest BCUT2D eigenvalue weighted by molar-refractivity contribution is 6.38. The number of hydrazone groups is 1. The lowest BCUT2D eigenvalue weighted by Crippen LogP contribution is -2.57. The second kappa shape index (κ2) is 9.99. The SMILES string of the molecule is CC1NN=C(C(=O)O)C(c2ccccc2[N+](=O)[O-])C1(CCCCc1cccc(Cl)c1)C(=O)O. The van der Waals surface area contributed by atoms with Crippen LogP contribution in [0.4, 0.5) is 5.69 Å². The molecule has 0 fully saturated rings. The van der Waals surface area contributed by atoms with Crippen LogP contribution in [0.1, 0.15) is 43.2 Å². The first kappa shape index (κ1) is 24.2. The van der Waals surface area contributed by atoms with Crippen LogP contribution in [0.3, 0.4) is 0 Å². The van der Waals surface area contributed by atoms with Gasteiger partial charge in [-0.05, 0) is 43.9 Å². The van der Waals surface area contributed by atoms with Crippen molar-refractivity contribution in [2.75, 3.05) is 0 Å². The lowest BCUT2D eigenvalue weighted by Gasteiger charge is -2.44. The van der Waals surface area contributed by atoms with E-state index in [1.165, 1.54) is 24.3 Å². The fraction of sp³-hybridized carbons (Fsp3) is 0.348. The smallest absolute Gasteiger partial charge is 0.352 e. The summed E-state index contributed by atoms with van der Waals surface area (Å²) < 4.78 is 0. The van der Waals surface area contributed by atoms with Crippen LogP contribution in [0, 0.1) is 15.5 Å². The summed E-state index contributed by atoms with van der Waals surface area (Å²) in [6.45, 7) is 1.61. The number of aliphatic carboxylic acids is 2. The van der Waals surface area contributed by atoms with E-state index in [1.54, 1.807) is 13.0 Å². The zero-order valence-electron chi connectivity index (χ0n) is 17.9. The molecule has 10 heteroatoms. The van der Waals surface area contributed by atoms with Gasteiger partial charge in [-0.3, -0.25) is 14.9 Å². The number of aryl methyl sites for hydroxylation is 1. The Labute approximate surface area is 195 Å². The van der Waals surface area contributed by atoms with E-state index in [0.29, 0.717) is 24.3 Å². The number of unbranched alkanes of at least 4 members (excludes halogenated alkanes) is 1. The second-order valence-corrected chi connectivity index (χ2v) is 8.52. The van der Waals surface area contributed by atoms with Gasteiger partial charge in [-0.15, -0.1) is 0 Å². The van der Waals surface area contributed by atoms with E-state index >= 15 is 0 Å². The molecule has 33 heavy (non-hydrogen) atoms. The van der Waals surface area contributed by atoms with E-state index in [9.17, 15) is 29.9 Å². The number of nitro groups is 1. The summed E-state index contributed by atoms with van der Waals surface area (Å²) in [6, 6.07) is 12.2. The highest BCUT2D eigenvalue weighted by Gasteiger charge is 2.57. The Balaban J connectivity index is 2.00. The van der Waals surface area contributed by atoms with Gasteiger partial charge in [0.15, 0.2) is 5.71 Å². The van der Waals surface area contributed by atoms with Gasteiger partial charge in [-0.2, -0.15) is 5.10 Å². The third-order valence-electron chi connectivity index (χ3n) is 6.20. The first-order valence-corrected chi connectivity index (χ1v) is 10.8. The van der Waals surface area contributed by atoms with Crippen LogP contribution in [0.2, 0.25) is 5.02 Å². The number of carbonyl (C=O) groups is 2. The maximum absolute atomic E-state index is 12.8. The van der Waals surface area contributed by atoms with Gasteiger partial charge in [0.1, 0.15) is 5.41 Å². The molecule has 3 N–H and O–H groups in total. The summed E-state index contributed by atoms with van der Waals surface area (Å²) in [5, 5.41) is 36.4. The number of hydrogen-bond donors (Lipinski definition) is 3. The topological polar surface area (TPSA) is 142 Å². The summed E-state index contributed by atoms with van der Waals surface area (Å²) in [7, 11) is 0. The molecule has 0 saturated heterocycles. The molecule has 0 amide bonds. The van der Waals surface area contributed by atoms with Crippen molar-refractivity contribution in [3.05, 3.63) is 74.8 Å². The van der Waals surface area contributed by atoms with Crippen LogP contribution in [-0.4, -0.2) is 38.8 Å². The van der Waals surface area contributed by atoms with Crippen molar-refractivity contribution >= 4 is 34.9 Å². The highest BCUT2D eigenvalue weighted by Crippen LogP contribution is 2.48. The van der Waals surface area contributed by atoms with Crippen LogP contribution < -0.4 is 5.43 Å². The largest absolute Gasteiger partial charge is 0.481 e. The molecule has 0 spiro atoms. The molecule has 0 bridgehead atoms. The predicted octanol–water partition coefficient (Wildman–Crippen LogP) is 4.25. The number of nitrogens with zero attached hydrogens (tertiary/aromatic N) is 2. The second-order valence-electron chi connectivity index (χ2n) is 8.08. The zero-order valence-corrected chi connectivity index (χ0v) is 18.7. The Morgan fingerprint density at radius 1 is 1.18 bits per heavy atom. The van der Waals surface area contributed by atoms with Crippen LogP contribution >= 0.6 is 11.6 Å². The van der Waals surface area contributed by atoms with Gasteiger partial charge in [0.25, 0.3) is 5.69 Å². The number of para-hydroxylation sites is 1. The number of benzene rings is 2. The van der Waals surface area contributed by atoms with E-state index in [4.69, 9.17) is 11.6 Å². The molecule has 9 nitrogen and oxygen atoms in total. The van der Waals surface area contributed by atoms with Crippen LogP contribution in [-0.2, 0) is 16.0 Å². The quantitative estimate of drug-likeness (QED) is 0.280. The maximum Gasteiger partial charge on any atom is 0.352 e. The summed E-state index contributed by atoms with van der Waals surface area (Å²) >= 11 is 6.03. The molecule has 0 aromatic heterocycles. The molecule has 1 aliphatic rings. The van der Waals surface area contributed by atoms with Crippen LogP contribution in [0.5, 0.6) is 0 Å². The lowest BCUT2D eigenvalue weighted by molar-refractivity contribution is -0.385. The number of hydrogen-bond acceptors (Lipinski definition) is 6. The number of nitro benzene ring substituents is 1. The van der Waals surface area contributed by atoms with E-state index in [1.807, 2.05) is 18.2 Å². The number of nitrogens with one attached hydrogen (secondary N) is 1. The molecule has 1 heterocycles. The highest BCUT2D eigenvalue weighted by atomic mass is 35.5. The molecule has 0 aliphatic carbocycles. The van der Waals surface area contributed by atoms with Crippen molar-refractivity contribution in [2.24, 2.45) is 10.5 Å². The van der Waals surface area contributed by atoms with Gasteiger partial charge >= 0.3 is 11.9 Å². The Bertz CT molecular complexity index is 1110. The van der Waals surface area contributed by atoms with Gasteiger partial charge in [0, 0.05) is 16.7 Å². The van der Waals surface area contributed by atoms with Crippen molar-refractivity contribution in [1.29, 1.82) is 0 Å². The van der Waals surface area contributed by atoms with Crippen molar-refractivity contribution in [2.45, 2.75) is 44.6 Å². The molecular weight excluding hydrogens is 450 g/mol. The number of halogens is 1. The van der Waals surface area contributed by atoms with Crippen molar-refractivity contribution in [3.63, 3.8) is 0 Å². The van der Waals surface area contributed by atoms with Crippen LogP contribution in [0.25, 0.3) is 0 Å². The van der Waals surface area contributed by atoms with Gasteiger partial charge in [-0.1, -0.05) is 48.4 Å². The first-order chi connectivity index (χ1) is 15.7. The summed E-state index contributed by atoms with van der Waals surface area (Å²) in [5.41, 5.74) is 1.21. The molecule has 3 atom stereocenters. The maximum atomic E-state index is 12.8. The third-order valence-corrected chi connectivity index (χ3v) is 6.43. The Morgan fingerprint density at radius 2 is 1.91 bits per heavy atom. The van der Waals surface area contributed by atoms with Gasteiger partial charge in [0.2, 0.25) is 0 Å². The molecule has 0 saturated carbocycles. The predicted molar refractivity (Wildman–Crippen MR) is 123 cm³/mol. The molecule has 2 aromatic carbocycles. The van der Waals surface area contributed by atoms with Gasteiger partial charge < -0.3 is 15.6 Å². The standard InChI is InChI=1S/C23H24ClN3O6/c1-14-23(22(30)31,12-5-4-7-15-8-6-9-16(24)13-15)19(20(21(28)29)26-25-14)17-10-2-3-11-18(17)27(32)33/h2-3,6,8-11,13-14,19,25H,4-5,7,12H2,1H3,(H,28,29)(H,30,31). The van der Waals surface area contributed by atoms with Crippen molar-refractivity contribution < 1.29 is 24.7 Å². The molecule has 3 rings (SSSR count). The van der Waals surface area contributed by atoms with Crippen molar-refractivity contribution in [3.8, 4) is 0 Å². The van der Waals surface area contributed by atoms with E-state index in [-0.39, 0.29) is 17.7 Å². The first-order valence-electron chi connectivity index (χ1n) is 10.5. The average Bonchev–Trinajstić information content (AvgIpc) is 2.77. The molecule has 174 valence electrons. The molecule has 3 unspecified atom stereocenters. The molecule has 2 aromatic rings. The minimum Gasteiger partial charge on any atom is -0.481 e. The number of carboxylic acids is 2. The van der Waals surface area contributed by atoms with Crippen molar-refractivity contribution in [1.82, 2.24) is 5.43 Å². The van der Waals surface area contributed by atoms with E-state index < -0.39 is 39.9 Å². The zero-order chi connectivity index (χ0) is 24.2. The van der Waals surface area contributed by atoms with Crippen LogP contribution in [0.15, 0.2) is 53.6 Å². The normalized spacial score (nSPS) is 22.2. The minimum atomic E-state index is -1.66. The Morgan fingerprint density at radius 3 is 2.55 bits per heavy atom. The van der Waals surface area contributed by atoms with Gasteiger partial charge in [0.05, 0.1) is 16.9 Å². The molecule has 0 radical (unpaired) electrons. The molecule has 1 aliphatic heterocycles. The lowest BCUT2D eigenvalue weighted by atomic mass is 9.62. The van der Waals surface area contributed by atoms with Gasteiger partial charge in [-0.25, -0.2) is 4.79 Å². The number of carboxylic acid groups (broad SMARTS) is 2. The Kier molecular flexibility index (Phi) is 7.33. The fourth-order valence-corrected chi connectivity index (χ4v) is 4.76. The molecular formula is C23H24ClN3O6. The summed E-state index contributed by atoms with van der Waals surface area (Å²) in [6.07, 6.45) is 1.84. The Hall–Kier alpha value is -3.46. The monoisotopic (exact) mass is 473 g/mol. The average molecular weight is 474 g/mol. The van der Waals surface area contributed by atoms with E-state index in [0.717, 1.165) is 5.56 Å².